The Kier molecular flexibility index (Phi) is 6.46. The molecule has 5 nitrogen and oxygen atoms in total. The van der Waals surface area contributed by atoms with E-state index in [1.165, 1.54) is 6.26 Å². The molecule has 0 saturated heterocycles. The highest BCUT2D eigenvalue weighted by atomic mass is 16.7. The van der Waals surface area contributed by atoms with Gasteiger partial charge in [-0.3, -0.25) is 4.79 Å². The lowest BCUT2D eigenvalue weighted by atomic mass is 10.2. The molecule has 0 aliphatic carbocycles. The Morgan fingerprint density at radius 3 is 2.56 bits per heavy atom. The fraction of sp³-hybridized carbons (Fsp3) is 0.615. The highest BCUT2D eigenvalue weighted by Crippen LogP contribution is 2.10. The van der Waals surface area contributed by atoms with Gasteiger partial charge in [0.15, 0.2) is 6.29 Å². The van der Waals surface area contributed by atoms with Crippen LogP contribution in [0.4, 0.5) is 0 Å². The van der Waals surface area contributed by atoms with Gasteiger partial charge in [0.1, 0.15) is 5.76 Å². The van der Waals surface area contributed by atoms with E-state index < -0.39 is 6.29 Å². The fourth-order valence-corrected chi connectivity index (χ4v) is 1.63. The normalized spacial score (nSPS) is 10.9. The zero-order chi connectivity index (χ0) is 13.4. The van der Waals surface area contributed by atoms with Gasteiger partial charge in [-0.1, -0.05) is 6.92 Å². The molecule has 0 fully saturated rings. The molecule has 1 heterocycles. The van der Waals surface area contributed by atoms with Crippen LogP contribution < -0.4 is 5.32 Å². The molecule has 0 spiro atoms. The molecule has 0 aromatic carbocycles. The third-order valence-electron chi connectivity index (χ3n) is 2.45. The molecule has 102 valence electrons. The van der Waals surface area contributed by atoms with Gasteiger partial charge < -0.3 is 19.2 Å². The summed E-state index contributed by atoms with van der Waals surface area (Å²) >= 11 is 0. The van der Waals surface area contributed by atoms with E-state index >= 15 is 0 Å². The molecule has 0 saturated carbocycles. The summed E-state index contributed by atoms with van der Waals surface area (Å²) in [5.74, 6) is 0.530. The van der Waals surface area contributed by atoms with Gasteiger partial charge in [0.2, 0.25) is 0 Å². The Labute approximate surface area is 107 Å². The summed E-state index contributed by atoms with van der Waals surface area (Å²) in [7, 11) is 0. The molecule has 1 aromatic rings. The smallest absolute Gasteiger partial charge is 0.255 e. The highest BCUT2D eigenvalue weighted by Gasteiger charge is 2.15. The number of hydrogen-bond acceptors (Lipinski definition) is 4. The van der Waals surface area contributed by atoms with Crippen LogP contribution in [0, 0.1) is 0 Å². The lowest BCUT2D eigenvalue weighted by Gasteiger charge is -2.17. The summed E-state index contributed by atoms with van der Waals surface area (Å²) < 4.78 is 15.9. The standard InChI is InChI=1S/C13H21NO4/c1-4-11-10(7-8-18-11)13(15)14-9-12(16-5-2)17-6-3/h7-8,12H,4-6,9H2,1-3H3,(H,14,15). The molecule has 1 amide bonds. The van der Waals surface area contributed by atoms with Gasteiger partial charge in [-0.25, -0.2) is 0 Å². The van der Waals surface area contributed by atoms with E-state index in [-0.39, 0.29) is 5.91 Å². The van der Waals surface area contributed by atoms with Crippen molar-refractivity contribution in [3.8, 4) is 0 Å². The van der Waals surface area contributed by atoms with Crippen molar-refractivity contribution in [2.24, 2.45) is 0 Å². The first kappa shape index (κ1) is 14.7. The van der Waals surface area contributed by atoms with Crippen molar-refractivity contribution < 1.29 is 18.7 Å². The zero-order valence-corrected chi connectivity index (χ0v) is 11.2. The van der Waals surface area contributed by atoms with Crippen molar-refractivity contribution >= 4 is 5.91 Å². The van der Waals surface area contributed by atoms with Crippen LogP contribution in [0.5, 0.6) is 0 Å². The number of amides is 1. The summed E-state index contributed by atoms with van der Waals surface area (Å²) in [6.07, 6.45) is 1.81. The molecule has 0 aliphatic heterocycles. The Hall–Kier alpha value is -1.33. The SMILES string of the molecule is CCOC(CNC(=O)c1ccoc1CC)OCC. The number of carbonyl (C=O) groups is 1. The Balaban J connectivity index is 2.49. The van der Waals surface area contributed by atoms with Gasteiger partial charge in [0, 0.05) is 19.6 Å². The van der Waals surface area contributed by atoms with Gasteiger partial charge in [-0.15, -0.1) is 0 Å². The molecule has 0 radical (unpaired) electrons. The lowest BCUT2D eigenvalue weighted by Crippen LogP contribution is -2.35. The summed E-state index contributed by atoms with van der Waals surface area (Å²) in [4.78, 5) is 11.9. The summed E-state index contributed by atoms with van der Waals surface area (Å²) in [5, 5.41) is 2.78. The van der Waals surface area contributed by atoms with E-state index in [4.69, 9.17) is 13.9 Å². The summed E-state index contributed by atoms with van der Waals surface area (Å²) in [6.45, 7) is 7.14. The van der Waals surface area contributed by atoms with Crippen LogP contribution >= 0.6 is 0 Å². The molecule has 0 unspecified atom stereocenters. The van der Waals surface area contributed by atoms with Gasteiger partial charge in [-0.2, -0.15) is 0 Å². The molecule has 1 N–H and O–H groups in total. The average molecular weight is 255 g/mol. The van der Waals surface area contributed by atoms with Crippen LogP contribution in [0.1, 0.15) is 36.9 Å². The summed E-state index contributed by atoms with van der Waals surface area (Å²) in [5.41, 5.74) is 0.573. The van der Waals surface area contributed by atoms with Gasteiger partial charge in [0.05, 0.1) is 18.4 Å². The van der Waals surface area contributed by atoms with Gasteiger partial charge >= 0.3 is 0 Å². The van der Waals surface area contributed by atoms with Crippen molar-refractivity contribution in [3.05, 3.63) is 23.7 Å². The maximum absolute atomic E-state index is 11.9. The minimum absolute atomic E-state index is 0.162. The second-order valence-electron chi connectivity index (χ2n) is 3.66. The maximum atomic E-state index is 11.9. The number of furan rings is 1. The van der Waals surface area contributed by atoms with Crippen LogP contribution in [-0.4, -0.2) is 32.0 Å². The third-order valence-corrected chi connectivity index (χ3v) is 2.45. The second kappa shape index (κ2) is 7.89. The van der Waals surface area contributed by atoms with Crippen molar-refractivity contribution in [3.63, 3.8) is 0 Å². The number of aryl methyl sites for hydroxylation is 1. The molecule has 0 aliphatic rings. The number of nitrogens with one attached hydrogen (secondary N) is 1. The highest BCUT2D eigenvalue weighted by molar-refractivity contribution is 5.95. The van der Waals surface area contributed by atoms with Crippen LogP contribution in [0.15, 0.2) is 16.7 Å². The topological polar surface area (TPSA) is 60.7 Å². The molecule has 18 heavy (non-hydrogen) atoms. The minimum Gasteiger partial charge on any atom is -0.469 e. The van der Waals surface area contributed by atoms with E-state index in [0.717, 1.165) is 0 Å². The Morgan fingerprint density at radius 1 is 1.33 bits per heavy atom. The average Bonchev–Trinajstić information content (AvgIpc) is 2.84. The largest absolute Gasteiger partial charge is 0.469 e. The molecular weight excluding hydrogens is 234 g/mol. The fourth-order valence-electron chi connectivity index (χ4n) is 1.63. The first-order chi connectivity index (χ1) is 8.72. The van der Waals surface area contributed by atoms with Crippen LogP contribution in [-0.2, 0) is 15.9 Å². The van der Waals surface area contributed by atoms with Crippen LogP contribution in [0.3, 0.4) is 0 Å². The molecule has 1 rings (SSSR count). The molecule has 0 bridgehead atoms. The van der Waals surface area contributed by atoms with Crippen molar-refractivity contribution in [1.82, 2.24) is 5.32 Å². The van der Waals surface area contributed by atoms with Crippen molar-refractivity contribution in [1.29, 1.82) is 0 Å². The summed E-state index contributed by atoms with van der Waals surface area (Å²) in [6, 6.07) is 1.67. The predicted molar refractivity (Wildman–Crippen MR) is 67.5 cm³/mol. The molecule has 1 aromatic heterocycles. The molecule has 0 atom stereocenters. The quantitative estimate of drug-likeness (QED) is 0.721. The number of rotatable bonds is 8. The predicted octanol–water partition coefficient (Wildman–Crippen LogP) is 1.97. The van der Waals surface area contributed by atoms with Gasteiger partial charge in [0.25, 0.3) is 5.91 Å². The van der Waals surface area contributed by atoms with Crippen LogP contribution in [0.25, 0.3) is 0 Å². The Bertz CT molecular complexity index is 356. The van der Waals surface area contributed by atoms with E-state index in [1.54, 1.807) is 6.07 Å². The molecule has 5 heteroatoms. The Morgan fingerprint density at radius 2 is 2.00 bits per heavy atom. The van der Waals surface area contributed by atoms with Crippen molar-refractivity contribution in [2.45, 2.75) is 33.5 Å². The van der Waals surface area contributed by atoms with Crippen molar-refractivity contribution in [2.75, 3.05) is 19.8 Å². The van der Waals surface area contributed by atoms with Gasteiger partial charge in [-0.05, 0) is 19.9 Å². The van der Waals surface area contributed by atoms with Crippen LogP contribution in [0.2, 0.25) is 0 Å². The zero-order valence-electron chi connectivity index (χ0n) is 11.2. The second-order valence-corrected chi connectivity index (χ2v) is 3.66. The van der Waals surface area contributed by atoms with E-state index in [1.807, 2.05) is 20.8 Å². The number of ether oxygens (including phenoxy) is 2. The minimum atomic E-state index is -0.402. The maximum Gasteiger partial charge on any atom is 0.255 e. The monoisotopic (exact) mass is 255 g/mol. The van der Waals surface area contributed by atoms with E-state index in [9.17, 15) is 4.79 Å². The molecular formula is C13H21NO4. The first-order valence-corrected chi connectivity index (χ1v) is 6.30. The lowest BCUT2D eigenvalue weighted by molar-refractivity contribution is -0.131. The number of carbonyl (C=O) groups excluding carboxylic acids is 1. The third kappa shape index (κ3) is 4.16. The van der Waals surface area contributed by atoms with E-state index in [0.29, 0.717) is 37.5 Å². The van der Waals surface area contributed by atoms with E-state index in [2.05, 4.69) is 5.32 Å². The number of hydrogen-bond donors (Lipinski definition) is 1. The first-order valence-electron chi connectivity index (χ1n) is 6.30.